The van der Waals surface area contributed by atoms with Gasteiger partial charge in [0.25, 0.3) is 0 Å². The molecule has 0 fully saturated rings. The summed E-state index contributed by atoms with van der Waals surface area (Å²) in [6.45, 7) is 3.98. The molecule has 2 N–H and O–H groups in total. The number of rotatable bonds is 6. The van der Waals surface area contributed by atoms with Crippen LogP contribution < -0.4 is 0 Å². The molecule has 4 nitrogen and oxygen atoms in total. The lowest BCUT2D eigenvalue weighted by Gasteiger charge is -1.80. The topological polar surface area (TPSA) is 74.6 Å². The van der Waals surface area contributed by atoms with Crippen LogP contribution in [0.2, 0.25) is 0 Å². The zero-order valence-electron chi connectivity index (χ0n) is 9.85. The minimum absolute atomic E-state index is 0.147. The molecular weight excluding hydrogens is 208 g/mol. The molecule has 0 aliphatic heterocycles. The van der Waals surface area contributed by atoms with E-state index >= 15 is 0 Å². The fourth-order valence-electron chi connectivity index (χ4n) is 0.702. The second-order valence-electron chi connectivity index (χ2n) is 3.01. The summed E-state index contributed by atoms with van der Waals surface area (Å²) in [7, 11) is 0. The molecule has 0 radical (unpaired) electrons. The van der Waals surface area contributed by atoms with E-state index in [0.717, 1.165) is 19.3 Å². The van der Waals surface area contributed by atoms with Gasteiger partial charge < -0.3 is 10.2 Å². The highest BCUT2D eigenvalue weighted by molar-refractivity contribution is 5.79. The van der Waals surface area contributed by atoms with Crippen molar-refractivity contribution in [1.29, 1.82) is 0 Å². The number of hydrogen-bond acceptors (Lipinski definition) is 2. The van der Waals surface area contributed by atoms with Gasteiger partial charge in [-0.15, -0.1) is 0 Å². The van der Waals surface area contributed by atoms with Gasteiger partial charge in [-0.05, 0) is 12.8 Å². The maximum absolute atomic E-state index is 9.82. The zero-order chi connectivity index (χ0) is 12.8. The normalized spacial score (nSPS) is 10.1. The fourth-order valence-corrected chi connectivity index (χ4v) is 0.702. The van der Waals surface area contributed by atoms with Gasteiger partial charge in [0.2, 0.25) is 0 Å². The molecular formula is C12H20O4. The van der Waals surface area contributed by atoms with Crippen LogP contribution in [0.4, 0.5) is 0 Å². The summed E-state index contributed by atoms with van der Waals surface area (Å²) >= 11 is 0. The predicted molar refractivity (Wildman–Crippen MR) is 63.4 cm³/mol. The fraction of sp³-hybridized carbons (Fsp3) is 0.500. The van der Waals surface area contributed by atoms with Crippen molar-refractivity contribution in [2.45, 2.75) is 39.5 Å². The summed E-state index contributed by atoms with van der Waals surface area (Å²) in [5.41, 5.74) is 0. The van der Waals surface area contributed by atoms with E-state index < -0.39 is 11.9 Å². The molecule has 0 saturated heterocycles. The number of carboxylic acids is 2. The van der Waals surface area contributed by atoms with Gasteiger partial charge in [-0.1, -0.05) is 38.5 Å². The number of aliphatic carboxylic acids is 2. The van der Waals surface area contributed by atoms with Gasteiger partial charge in [-0.3, -0.25) is 4.79 Å². The molecule has 0 aromatic heterocycles. The summed E-state index contributed by atoms with van der Waals surface area (Å²) in [5, 5.41) is 16.1. The lowest BCUT2D eigenvalue weighted by molar-refractivity contribution is -0.136. The number of carbonyl (C=O) groups is 2. The van der Waals surface area contributed by atoms with E-state index in [1.54, 1.807) is 12.2 Å². The monoisotopic (exact) mass is 228 g/mol. The molecule has 0 heterocycles. The molecule has 0 saturated carbocycles. The largest absolute Gasteiger partial charge is 0.481 e. The molecule has 0 aromatic rings. The van der Waals surface area contributed by atoms with Crippen LogP contribution >= 0.6 is 0 Å². The molecule has 0 aromatic carbocycles. The molecule has 0 aliphatic rings. The summed E-state index contributed by atoms with van der Waals surface area (Å²) in [6.07, 6.45) is 9.24. The maximum atomic E-state index is 9.82. The first-order valence-electron chi connectivity index (χ1n) is 5.30. The van der Waals surface area contributed by atoms with Gasteiger partial charge >= 0.3 is 11.9 Å². The van der Waals surface area contributed by atoms with Gasteiger partial charge in [0.1, 0.15) is 0 Å². The van der Waals surface area contributed by atoms with Crippen molar-refractivity contribution in [3.8, 4) is 0 Å². The van der Waals surface area contributed by atoms with Gasteiger partial charge in [0, 0.05) is 6.08 Å². The highest BCUT2D eigenvalue weighted by Crippen LogP contribution is 1.86. The number of allylic oxidation sites excluding steroid dienone is 2. The van der Waals surface area contributed by atoms with Gasteiger partial charge in [-0.25, -0.2) is 4.79 Å². The molecule has 0 spiro atoms. The van der Waals surface area contributed by atoms with Crippen molar-refractivity contribution < 1.29 is 19.8 Å². The number of hydrogen-bond donors (Lipinski definition) is 2. The smallest absolute Gasteiger partial charge is 0.327 e. The highest BCUT2D eigenvalue weighted by Gasteiger charge is 1.86. The Morgan fingerprint density at radius 2 is 1.69 bits per heavy atom. The van der Waals surface area contributed by atoms with Crippen LogP contribution in [0.3, 0.4) is 0 Å². The molecule has 16 heavy (non-hydrogen) atoms. The van der Waals surface area contributed by atoms with Crippen LogP contribution in [0.5, 0.6) is 0 Å². The van der Waals surface area contributed by atoms with Crippen LogP contribution in [0.15, 0.2) is 24.3 Å². The minimum atomic E-state index is -0.863. The van der Waals surface area contributed by atoms with Crippen LogP contribution in [-0.2, 0) is 9.59 Å². The third-order valence-electron chi connectivity index (χ3n) is 1.41. The lowest BCUT2D eigenvalue weighted by Crippen LogP contribution is -1.89. The first-order chi connectivity index (χ1) is 7.54. The Balaban J connectivity index is 0. The summed E-state index contributed by atoms with van der Waals surface area (Å²) in [5.74, 6) is -1.63. The van der Waals surface area contributed by atoms with Gasteiger partial charge in [0.15, 0.2) is 0 Å². The molecule has 92 valence electrons. The van der Waals surface area contributed by atoms with E-state index in [9.17, 15) is 9.59 Å². The van der Waals surface area contributed by atoms with Gasteiger partial charge in [0.05, 0.1) is 6.42 Å². The molecule has 4 heteroatoms. The molecule has 0 aliphatic carbocycles. The first kappa shape index (κ1) is 16.8. The minimum Gasteiger partial charge on any atom is -0.481 e. The van der Waals surface area contributed by atoms with E-state index in [-0.39, 0.29) is 6.42 Å². The standard InChI is InChI=1S/2C6H10O2/c2*1-2-3-4-5-6(7)8/h4-5H,2-3H2,1H3,(H,7,8);3-4H,2,5H2,1H3,(H,7,8). The van der Waals surface area contributed by atoms with E-state index in [1.807, 2.05) is 19.9 Å². The van der Waals surface area contributed by atoms with Crippen molar-refractivity contribution in [2.75, 3.05) is 0 Å². The van der Waals surface area contributed by atoms with Crippen molar-refractivity contribution in [2.24, 2.45) is 0 Å². The number of carboxylic acid groups (broad SMARTS) is 2. The Bertz CT molecular complexity index is 241. The Kier molecular flexibility index (Phi) is 14.1. The lowest BCUT2D eigenvalue weighted by atomic mass is 10.3. The quantitative estimate of drug-likeness (QED) is 0.541. The Morgan fingerprint density at radius 3 is 2.06 bits per heavy atom. The van der Waals surface area contributed by atoms with Gasteiger partial charge in [-0.2, -0.15) is 0 Å². The van der Waals surface area contributed by atoms with Crippen molar-refractivity contribution >= 4 is 11.9 Å². The summed E-state index contributed by atoms with van der Waals surface area (Å²) in [4.78, 5) is 19.6. The van der Waals surface area contributed by atoms with Crippen LogP contribution in [0.1, 0.15) is 39.5 Å². The zero-order valence-corrected chi connectivity index (χ0v) is 9.85. The SMILES string of the molecule is CCC=CCC(=O)O.CCCC=CC(=O)O. The Morgan fingerprint density at radius 1 is 1.06 bits per heavy atom. The summed E-state index contributed by atoms with van der Waals surface area (Å²) in [6, 6.07) is 0. The average Bonchev–Trinajstić information content (AvgIpc) is 2.18. The maximum Gasteiger partial charge on any atom is 0.327 e. The van der Waals surface area contributed by atoms with Crippen LogP contribution in [0, 0.1) is 0 Å². The third-order valence-corrected chi connectivity index (χ3v) is 1.41. The third kappa shape index (κ3) is 22.8. The van der Waals surface area contributed by atoms with Crippen molar-refractivity contribution in [1.82, 2.24) is 0 Å². The molecule has 0 amide bonds. The van der Waals surface area contributed by atoms with E-state index in [1.165, 1.54) is 6.08 Å². The molecule has 0 atom stereocenters. The van der Waals surface area contributed by atoms with Crippen LogP contribution in [-0.4, -0.2) is 22.2 Å². The first-order valence-corrected chi connectivity index (χ1v) is 5.30. The Labute approximate surface area is 96.3 Å². The second kappa shape index (κ2) is 13.4. The highest BCUT2D eigenvalue weighted by atomic mass is 16.4. The molecule has 0 bridgehead atoms. The second-order valence-corrected chi connectivity index (χ2v) is 3.01. The molecule has 0 unspecified atom stereocenters. The van der Waals surface area contributed by atoms with E-state index in [0.29, 0.717) is 0 Å². The molecule has 0 rings (SSSR count). The van der Waals surface area contributed by atoms with Crippen molar-refractivity contribution in [3.63, 3.8) is 0 Å². The predicted octanol–water partition coefficient (Wildman–Crippen LogP) is 2.85. The van der Waals surface area contributed by atoms with E-state index in [4.69, 9.17) is 10.2 Å². The Hall–Kier alpha value is -1.58. The van der Waals surface area contributed by atoms with E-state index in [2.05, 4.69) is 0 Å². The van der Waals surface area contributed by atoms with Crippen molar-refractivity contribution in [3.05, 3.63) is 24.3 Å². The number of unbranched alkanes of at least 4 members (excludes halogenated alkanes) is 1. The van der Waals surface area contributed by atoms with Crippen LogP contribution in [0.25, 0.3) is 0 Å². The average molecular weight is 228 g/mol. The summed E-state index contributed by atoms with van der Waals surface area (Å²) < 4.78 is 0.